The first-order chi connectivity index (χ1) is 8.70. The van der Waals surface area contributed by atoms with E-state index >= 15 is 0 Å². The van der Waals surface area contributed by atoms with E-state index in [9.17, 15) is 4.79 Å². The Morgan fingerprint density at radius 3 is 2.61 bits per heavy atom. The van der Waals surface area contributed by atoms with Crippen LogP contribution in [0, 0.1) is 6.92 Å². The lowest BCUT2D eigenvalue weighted by molar-refractivity contribution is 0.0757. The van der Waals surface area contributed by atoms with E-state index in [2.05, 4.69) is 4.98 Å². The van der Waals surface area contributed by atoms with Gasteiger partial charge in [-0.1, -0.05) is 30.3 Å². The number of carbonyl (C=O) groups is 1. The molecule has 0 aliphatic heterocycles. The van der Waals surface area contributed by atoms with Crippen LogP contribution in [0.5, 0.6) is 0 Å². The van der Waals surface area contributed by atoms with Gasteiger partial charge in [0.15, 0.2) is 0 Å². The van der Waals surface area contributed by atoms with Gasteiger partial charge in [-0.05, 0) is 19.4 Å². The standard InChI is InChI=1S/C14H16N2OS/c1-3-16(10-12-7-5-4-6-8-12)14(17)13-9-15-11(2)18-13/h4-9H,3,10H2,1-2H3. The van der Waals surface area contributed by atoms with Crippen molar-refractivity contribution in [1.29, 1.82) is 0 Å². The third kappa shape index (κ3) is 2.96. The monoisotopic (exact) mass is 260 g/mol. The van der Waals surface area contributed by atoms with Gasteiger partial charge in [-0.2, -0.15) is 0 Å². The van der Waals surface area contributed by atoms with Gasteiger partial charge in [-0.15, -0.1) is 11.3 Å². The Labute approximate surface area is 111 Å². The maximum Gasteiger partial charge on any atom is 0.265 e. The summed E-state index contributed by atoms with van der Waals surface area (Å²) in [6.07, 6.45) is 1.66. The van der Waals surface area contributed by atoms with E-state index in [0.29, 0.717) is 18.0 Å². The summed E-state index contributed by atoms with van der Waals surface area (Å²) in [6, 6.07) is 10.0. The number of rotatable bonds is 4. The normalized spacial score (nSPS) is 10.3. The van der Waals surface area contributed by atoms with Crippen molar-refractivity contribution in [2.75, 3.05) is 6.54 Å². The zero-order valence-corrected chi connectivity index (χ0v) is 11.4. The summed E-state index contributed by atoms with van der Waals surface area (Å²) >= 11 is 1.45. The van der Waals surface area contributed by atoms with E-state index in [-0.39, 0.29) is 5.91 Å². The number of benzene rings is 1. The Bertz CT molecular complexity index is 522. The number of carbonyl (C=O) groups excluding carboxylic acids is 1. The van der Waals surface area contributed by atoms with Crippen LogP contribution in [0.2, 0.25) is 0 Å². The third-order valence-corrected chi connectivity index (χ3v) is 3.62. The molecule has 0 saturated carbocycles. The van der Waals surface area contributed by atoms with Gasteiger partial charge in [0.25, 0.3) is 5.91 Å². The summed E-state index contributed by atoms with van der Waals surface area (Å²) in [7, 11) is 0. The van der Waals surface area contributed by atoms with Gasteiger partial charge in [-0.3, -0.25) is 4.79 Å². The molecule has 1 aromatic heterocycles. The second-order valence-electron chi connectivity index (χ2n) is 4.05. The number of aryl methyl sites for hydroxylation is 1. The molecule has 1 amide bonds. The molecule has 0 unspecified atom stereocenters. The van der Waals surface area contributed by atoms with Crippen molar-refractivity contribution in [3.63, 3.8) is 0 Å². The minimum Gasteiger partial charge on any atom is -0.334 e. The molecular formula is C14H16N2OS. The maximum absolute atomic E-state index is 12.3. The van der Waals surface area contributed by atoms with E-state index in [0.717, 1.165) is 10.6 Å². The van der Waals surface area contributed by atoms with E-state index in [1.54, 1.807) is 6.20 Å². The van der Waals surface area contributed by atoms with E-state index in [1.807, 2.05) is 49.1 Å². The van der Waals surface area contributed by atoms with Crippen molar-refractivity contribution in [1.82, 2.24) is 9.88 Å². The van der Waals surface area contributed by atoms with Crippen LogP contribution in [0.4, 0.5) is 0 Å². The molecule has 0 aliphatic rings. The maximum atomic E-state index is 12.3. The van der Waals surface area contributed by atoms with Crippen molar-refractivity contribution < 1.29 is 4.79 Å². The summed E-state index contributed by atoms with van der Waals surface area (Å²) < 4.78 is 0. The zero-order chi connectivity index (χ0) is 13.0. The highest BCUT2D eigenvalue weighted by atomic mass is 32.1. The van der Waals surface area contributed by atoms with Crippen LogP contribution in [0.15, 0.2) is 36.5 Å². The van der Waals surface area contributed by atoms with Crippen molar-refractivity contribution >= 4 is 17.2 Å². The number of thiazole rings is 1. The predicted octanol–water partition coefficient (Wildman–Crippen LogP) is 3.11. The number of nitrogens with zero attached hydrogens (tertiary/aromatic N) is 2. The Morgan fingerprint density at radius 1 is 1.33 bits per heavy atom. The number of hydrogen-bond donors (Lipinski definition) is 0. The lowest BCUT2D eigenvalue weighted by atomic mass is 10.2. The van der Waals surface area contributed by atoms with Gasteiger partial charge in [0.2, 0.25) is 0 Å². The Hall–Kier alpha value is -1.68. The molecule has 4 heteroatoms. The molecule has 0 fully saturated rings. The fraction of sp³-hybridized carbons (Fsp3) is 0.286. The predicted molar refractivity (Wildman–Crippen MR) is 73.7 cm³/mol. The molecule has 0 saturated heterocycles. The largest absolute Gasteiger partial charge is 0.334 e. The summed E-state index contributed by atoms with van der Waals surface area (Å²) in [5, 5.41) is 0.925. The summed E-state index contributed by atoms with van der Waals surface area (Å²) in [6.45, 7) is 5.25. The molecule has 0 bridgehead atoms. The number of aromatic nitrogens is 1. The molecule has 1 aromatic carbocycles. The molecule has 2 aromatic rings. The lowest BCUT2D eigenvalue weighted by Crippen LogP contribution is -2.29. The van der Waals surface area contributed by atoms with Crippen LogP contribution in [0.3, 0.4) is 0 Å². The van der Waals surface area contributed by atoms with Crippen LogP contribution in [0.25, 0.3) is 0 Å². The Balaban J connectivity index is 2.12. The average molecular weight is 260 g/mol. The minimum atomic E-state index is 0.0620. The van der Waals surface area contributed by atoms with Crippen LogP contribution in [0.1, 0.15) is 27.2 Å². The van der Waals surface area contributed by atoms with Gasteiger partial charge in [0.05, 0.1) is 11.2 Å². The zero-order valence-electron chi connectivity index (χ0n) is 10.6. The van der Waals surface area contributed by atoms with Crippen LogP contribution in [-0.2, 0) is 6.54 Å². The van der Waals surface area contributed by atoms with Crippen LogP contribution < -0.4 is 0 Å². The first-order valence-corrected chi connectivity index (χ1v) is 6.78. The van der Waals surface area contributed by atoms with Crippen LogP contribution >= 0.6 is 11.3 Å². The molecule has 0 radical (unpaired) electrons. The molecule has 2 rings (SSSR count). The van der Waals surface area contributed by atoms with Crippen LogP contribution in [-0.4, -0.2) is 22.3 Å². The van der Waals surface area contributed by atoms with Gasteiger partial charge in [0, 0.05) is 13.1 Å². The summed E-state index contributed by atoms with van der Waals surface area (Å²) in [5.74, 6) is 0.0620. The van der Waals surface area contributed by atoms with Crippen molar-refractivity contribution in [2.24, 2.45) is 0 Å². The lowest BCUT2D eigenvalue weighted by Gasteiger charge is -2.20. The van der Waals surface area contributed by atoms with Crippen molar-refractivity contribution in [3.8, 4) is 0 Å². The number of amides is 1. The topological polar surface area (TPSA) is 33.2 Å². The SMILES string of the molecule is CCN(Cc1ccccc1)C(=O)c1cnc(C)s1. The smallest absolute Gasteiger partial charge is 0.265 e. The summed E-state index contributed by atoms with van der Waals surface area (Å²) in [5.41, 5.74) is 1.15. The molecule has 18 heavy (non-hydrogen) atoms. The molecular weight excluding hydrogens is 244 g/mol. The quantitative estimate of drug-likeness (QED) is 0.846. The molecule has 0 spiro atoms. The van der Waals surface area contributed by atoms with E-state index in [1.165, 1.54) is 11.3 Å². The molecule has 0 N–H and O–H groups in total. The molecule has 1 heterocycles. The third-order valence-electron chi connectivity index (χ3n) is 2.72. The number of hydrogen-bond acceptors (Lipinski definition) is 3. The second kappa shape index (κ2) is 5.78. The van der Waals surface area contributed by atoms with E-state index in [4.69, 9.17) is 0 Å². The highest BCUT2D eigenvalue weighted by Gasteiger charge is 2.16. The Morgan fingerprint density at radius 2 is 2.06 bits per heavy atom. The fourth-order valence-electron chi connectivity index (χ4n) is 1.75. The van der Waals surface area contributed by atoms with E-state index < -0.39 is 0 Å². The molecule has 0 aliphatic carbocycles. The van der Waals surface area contributed by atoms with Gasteiger partial charge < -0.3 is 4.90 Å². The molecule has 94 valence electrons. The highest BCUT2D eigenvalue weighted by Crippen LogP contribution is 2.15. The minimum absolute atomic E-state index is 0.0620. The van der Waals surface area contributed by atoms with Gasteiger partial charge in [-0.25, -0.2) is 4.98 Å². The van der Waals surface area contributed by atoms with Gasteiger partial charge >= 0.3 is 0 Å². The first kappa shape index (κ1) is 12.8. The average Bonchev–Trinajstić information content (AvgIpc) is 2.83. The first-order valence-electron chi connectivity index (χ1n) is 5.96. The Kier molecular flexibility index (Phi) is 4.10. The molecule has 0 atom stereocenters. The van der Waals surface area contributed by atoms with Crippen molar-refractivity contribution in [3.05, 3.63) is 52.0 Å². The summed E-state index contributed by atoms with van der Waals surface area (Å²) in [4.78, 5) is 19.0. The second-order valence-corrected chi connectivity index (χ2v) is 5.28. The fourth-order valence-corrected chi connectivity index (χ4v) is 2.49. The highest BCUT2D eigenvalue weighted by molar-refractivity contribution is 7.13. The molecule has 3 nitrogen and oxygen atoms in total. The van der Waals surface area contributed by atoms with Crippen molar-refractivity contribution in [2.45, 2.75) is 20.4 Å². The van der Waals surface area contributed by atoms with Gasteiger partial charge in [0.1, 0.15) is 4.88 Å².